The normalized spacial score (nSPS) is 13.6. The van der Waals surface area contributed by atoms with Gasteiger partial charge in [0.1, 0.15) is 13.2 Å². The predicted molar refractivity (Wildman–Crippen MR) is 43.2 cm³/mol. The molecule has 1 aliphatic heterocycles. The van der Waals surface area contributed by atoms with E-state index in [1.165, 1.54) is 0 Å². The van der Waals surface area contributed by atoms with Gasteiger partial charge in [0.2, 0.25) is 0 Å². The van der Waals surface area contributed by atoms with Crippen molar-refractivity contribution >= 4 is 0 Å². The fourth-order valence-electron chi connectivity index (χ4n) is 1.01. The molecule has 3 heteroatoms. The number of terminal acetylenes is 1. The molecule has 0 saturated carbocycles. The van der Waals surface area contributed by atoms with Crippen molar-refractivity contribution in [2.45, 2.75) is 0 Å². The summed E-state index contributed by atoms with van der Waals surface area (Å²) in [6, 6.07) is 1.75. The van der Waals surface area contributed by atoms with E-state index in [-0.39, 0.29) is 0 Å². The van der Waals surface area contributed by atoms with E-state index in [2.05, 4.69) is 10.9 Å². The molecule has 1 aromatic rings. The third kappa shape index (κ3) is 1.08. The monoisotopic (exact) mass is 161 g/mol. The van der Waals surface area contributed by atoms with Crippen molar-refractivity contribution in [2.75, 3.05) is 13.2 Å². The van der Waals surface area contributed by atoms with Gasteiger partial charge >= 0.3 is 0 Å². The van der Waals surface area contributed by atoms with E-state index < -0.39 is 0 Å². The number of pyridine rings is 1. The number of ether oxygens (including phenoxy) is 2. The molecule has 3 nitrogen and oxygen atoms in total. The molecule has 1 aliphatic rings. The maximum Gasteiger partial charge on any atom is 0.257 e. The molecule has 1 aromatic heterocycles. The average molecular weight is 161 g/mol. The Balaban J connectivity index is 2.44. The van der Waals surface area contributed by atoms with E-state index in [1.807, 2.05) is 0 Å². The molecule has 0 saturated heterocycles. The van der Waals surface area contributed by atoms with Crippen LogP contribution in [-0.4, -0.2) is 18.2 Å². The molecule has 2 heterocycles. The lowest BCUT2D eigenvalue weighted by Gasteiger charge is -2.16. The summed E-state index contributed by atoms with van der Waals surface area (Å²) in [6.07, 6.45) is 6.79. The molecular formula is C9H7NO2. The van der Waals surface area contributed by atoms with Crippen LogP contribution in [0, 0.1) is 12.3 Å². The van der Waals surface area contributed by atoms with Crippen molar-refractivity contribution in [3.63, 3.8) is 0 Å². The zero-order chi connectivity index (χ0) is 8.39. The molecule has 2 rings (SSSR count). The minimum absolute atomic E-state index is 0.528. The Bertz CT molecular complexity index is 341. The SMILES string of the molecule is C#Cc1cnc2c(c1)OCCO2. The Morgan fingerprint density at radius 1 is 1.42 bits per heavy atom. The first-order valence-electron chi connectivity index (χ1n) is 3.62. The van der Waals surface area contributed by atoms with Crippen LogP contribution in [0.4, 0.5) is 0 Å². The summed E-state index contributed by atoms with van der Waals surface area (Å²) < 4.78 is 10.5. The van der Waals surface area contributed by atoms with E-state index in [4.69, 9.17) is 15.9 Å². The van der Waals surface area contributed by atoms with Gasteiger partial charge in [0, 0.05) is 17.8 Å². The van der Waals surface area contributed by atoms with Crippen LogP contribution in [-0.2, 0) is 0 Å². The Kier molecular flexibility index (Phi) is 1.60. The van der Waals surface area contributed by atoms with Gasteiger partial charge in [0.25, 0.3) is 5.88 Å². The summed E-state index contributed by atoms with van der Waals surface area (Å²) in [5.74, 6) is 3.64. The van der Waals surface area contributed by atoms with Crippen LogP contribution >= 0.6 is 0 Å². The van der Waals surface area contributed by atoms with Gasteiger partial charge < -0.3 is 9.47 Å². The van der Waals surface area contributed by atoms with Gasteiger partial charge in [-0.2, -0.15) is 0 Å². The fraction of sp³-hybridized carbons (Fsp3) is 0.222. The van der Waals surface area contributed by atoms with Crippen LogP contribution in [0.1, 0.15) is 5.56 Å². The second-order valence-electron chi connectivity index (χ2n) is 2.37. The van der Waals surface area contributed by atoms with Crippen LogP contribution in [0.25, 0.3) is 0 Å². The van der Waals surface area contributed by atoms with Crippen molar-refractivity contribution in [3.05, 3.63) is 17.8 Å². The molecule has 0 N–H and O–H groups in total. The van der Waals surface area contributed by atoms with Gasteiger partial charge in [-0.25, -0.2) is 4.98 Å². The molecule has 12 heavy (non-hydrogen) atoms. The molecular weight excluding hydrogens is 154 g/mol. The first-order chi connectivity index (χ1) is 5.90. The lowest BCUT2D eigenvalue weighted by molar-refractivity contribution is 0.164. The number of aromatic nitrogens is 1. The fourth-order valence-corrected chi connectivity index (χ4v) is 1.01. The zero-order valence-corrected chi connectivity index (χ0v) is 6.41. The highest BCUT2D eigenvalue weighted by Gasteiger charge is 2.12. The molecule has 0 fully saturated rings. The topological polar surface area (TPSA) is 31.4 Å². The molecule has 0 amide bonds. The quantitative estimate of drug-likeness (QED) is 0.528. The minimum Gasteiger partial charge on any atom is -0.484 e. The zero-order valence-electron chi connectivity index (χ0n) is 6.41. The van der Waals surface area contributed by atoms with Gasteiger partial charge in [-0.3, -0.25) is 0 Å². The van der Waals surface area contributed by atoms with E-state index in [0.29, 0.717) is 30.4 Å². The average Bonchev–Trinajstić information content (AvgIpc) is 2.17. The summed E-state index contributed by atoms with van der Waals surface area (Å²) in [5.41, 5.74) is 0.708. The first kappa shape index (κ1) is 6.99. The first-order valence-corrected chi connectivity index (χ1v) is 3.62. The van der Waals surface area contributed by atoms with Gasteiger partial charge in [-0.05, 0) is 0 Å². The third-order valence-electron chi connectivity index (χ3n) is 1.56. The number of hydrogen-bond donors (Lipinski definition) is 0. The Morgan fingerprint density at radius 2 is 2.25 bits per heavy atom. The molecule has 0 spiro atoms. The van der Waals surface area contributed by atoms with E-state index in [0.717, 1.165) is 0 Å². The van der Waals surface area contributed by atoms with Crippen molar-refractivity contribution in [1.29, 1.82) is 0 Å². The van der Waals surface area contributed by atoms with E-state index >= 15 is 0 Å². The van der Waals surface area contributed by atoms with Crippen molar-refractivity contribution < 1.29 is 9.47 Å². The summed E-state index contributed by atoms with van der Waals surface area (Å²) in [6.45, 7) is 1.11. The van der Waals surface area contributed by atoms with Gasteiger partial charge in [-0.15, -0.1) is 6.42 Å². The molecule has 0 unspecified atom stereocenters. The summed E-state index contributed by atoms with van der Waals surface area (Å²) in [4.78, 5) is 4.00. The second-order valence-corrected chi connectivity index (χ2v) is 2.37. The number of nitrogens with zero attached hydrogens (tertiary/aromatic N) is 1. The highest BCUT2D eigenvalue weighted by atomic mass is 16.6. The van der Waals surface area contributed by atoms with Crippen molar-refractivity contribution in [1.82, 2.24) is 4.98 Å². The standard InChI is InChI=1S/C9H7NO2/c1-2-7-5-8-9(10-6-7)12-4-3-11-8/h1,5-6H,3-4H2. The van der Waals surface area contributed by atoms with Crippen LogP contribution in [0.3, 0.4) is 0 Å². The Labute approximate surface area is 70.3 Å². The van der Waals surface area contributed by atoms with E-state index in [9.17, 15) is 0 Å². The largest absolute Gasteiger partial charge is 0.484 e. The molecule has 0 bridgehead atoms. The second kappa shape index (κ2) is 2.74. The maximum absolute atomic E-state index is 5.28. The number of hydrogen-bond acceptors (Lipinski definition) is 3. The van der Waals surface area contributed by atoms with E-state index in [1.54, 1.807) is 12.3 Å². The predicted octanol–water partition coefficient (Wildman–Crippen LogP) is 0.834. The molecule has 0 aliphatic carbocycles. The van der Waals surface area contributed by atoms with Crippen LogP contribution < -0.4 is 9.47 Å². The van der Waals surface area contributed by atoms with Crippen LogP contribution in [0.2, 0.25) is 0 Å². The lowest BCUT2D eigenvalue weighted by atomic mass is 10.3. The minimum atomic E-state index is 0.528. The maximum atomic E-state index is 5.28. The smallest absolute Gasteiger partial charge is 0.257 e. The van der Waals surface area contributed by atoms with Crippen LogP contribution in [0.15, 0.2) is 12.3 Å². The molecule has 60 valence electrons. The Morgan fingerprint density at radius 3 is 3.08 bits per heavy atom. The molecule has 0 atom stereocenters. The summed E-state index contributed by atoms with van der Waals surface area (Å²) >= 11 is 0. The van der Waals surface area contributed by atoms with Gasteiger partial charge in [0.05, 0.1) is 0 Å². The highest BCUT2D eigenvalue weighted by molar-refractivity contribution is 5.42. The third-order valence-corrected chi connectivity index (χ3v) is 1.56. The highest BCUT2D eigenvalue weighted by Crippen LogP contribution is 2.27. The number of rotatable bonds is 0. The van der Waals surface area contributed by atoms with Crippen LogP contribution in [0.5, 0.6) is 11.6 Å². The van der Waals surface area contributed by atoms with Crippen molar-refractivity contribution in [3.8, 4) is 24.0 Å². The molecule has 0 radical (unpaired) electrons. The summed E-state index contributed by atoms with van der Waals surface area (Å²) in [5, 5.41) is 0. The molecule has 0 aromatic carbocycles. The van der Waals surface area contributed by atoms with Gasteiger partial charge in [0.15, 0.2) is 5.75 Å². The van der Waals surface area contributed by atoms with Crippen molar-refractivity contribution in [2.24, 2.45) is 0 Å². The van der Waals surface area contributed by atoms with Gasteiger partial charge in [-0.1, -0.05) is 5.92 Å². The number of fused-ring (bicyclic) bond motifs is 1. The summed E-state index contributed by atoms with van der Waals surface area (Å²) in [7, 11) is 0. The lowest BCUT2D eigenvalue weighted by Crippen LogP contribution is -2.16. The Hall–Kier alpha value is -1.69.